The Labute approximate surface area is 187 Å². The zero-order valence-electron chi connectivity index (χ0n) is 18.4. The van der Waals surface area contributed by atoms with E-state index in [2.05, 4.69) is 12.1 Å². The zero-order valence-corrected chi connectivity index (χ0v) is 20.1. The maximum atomic E-state index is 6.40. The van der Waals surface area contributed by atoms with Gasteiger partial charge in [-0.2, -0.15) is 0 Å². The first kappa shape index (κ1) is 21.0. The van der Waals surface area contributed by atoms with E-state index in [0.717, 1.165) is 43.9 Å². The minimum Gasteiger partial charge on any atom is -0.408 e. The lowest BCUT2D eigenvalue weighted by Crippen LogP contribution is -2.02. The summed E-state index contributed by atoms with van der Waals surface area (Å²) in [7, 11) is 5.06. The molecule has 0 aliphatic heterocycles. The molecule has 164 valence electrons. The van der Waals surface area contributed by atoms with Crippen molar-refractivity contribution in [2.75, 3.05) is 37.5 Å². The molecule has 0 fully saturated rings. The first-order valence-electron chi connectivity index (χ1n) is 10.2. The van der Waals surface area contributed by atoms with Gasteiger partial charge in [0.1, 0.15) is 22.3 Å². The van der Waals surface area contributed by atoms with E-state index in [9.17, 15) is 0 Å². The summed E-state index contributed by atoms with van der Waals surface area (Å²) >= 11 is 0. The zero-order chi connectivity index (χ0) is 22.2. The van der Waals surface area contributed by atoms with Crippen LogP contribution in [0.5, 0.6) is 0 Å². The highest BCUT2D eigenvalue weighted by atomic mass is 31.1. The Balaban J connectivity index is 2.03. The van der Waals surface area contributed by atoms with E-state index in [4.69, 9.17) is 16.8 Å². The maximum Gasteiger partial charge on any atom is 0.309 e. The lowest BCUT2D eigenvalue weighted by molar-refractivity contribution is 0.626. The molecule has 1 heterocycles. The van der Waals surface area contributed by atoms with Crippen LogP contribution in [0.4, 0.5) is 0 Å². The molecule has 32 heavy (non-hydrogen) atoms. The second-order valence-corrected chi connectivity index (χ2v) is 11.1. The molecule has 0 saturated heterocycles. The van der Waals surface area contributed by atoms with Gasteiger partial charge >= 0.3 is 16.3 Å². The van der Waals surface area contributed by atoms with Gasteiger partial charge in [0.15, 0.2) is 0 Å². The largest absolute Gasteiger partial charge is 0.408 e. The van der Waals surface area contributed by atoms with Crippen LogP contribution in [0.1, 0.15) is 0 Å². The van der Waals surface area contributed by atoms with E-state index < -0.39 is 16.3 Å². The average Bonchev–Trinajstić information content (AvgIpc) is 2.78. The molecule has 0 aliphatic rings. The fraction of sp³-hybridized carbons (Fsp3) is 0.167. The molecule has 0 radical (unpaired) electrons. The summed E-state index contributed by atoms with van der Waals surface area (Å²) in [6.45, 7) is 0. The van der Waals surface area contributed by atoms with Crippen molar-refractivity contribution in [3.05, 3.63) is 72.8 Å². The quantitative estimate of drug-likeness (QED) is 0.264. The summed E-state index contributed by atoms with van der Waals surface area (Å²) in [4.78, 5) is 0. The van der Waals surface area contributed by atoms with Crippen LogP contribution in [0.3, 0.4) is 0 Å². The van der Waals surface area contributed by atoms with Crippen LogP contribution in [0.2, 0.25) is 0 Å². The molecule has 0 spiro atoms. The van der Waals surface area contributed by atoms with Gasteiger partial charge in [-0.05, 0) is 47.2 Å². The van der Waals surface area contributed by atoms with E-state index in [0.29, 0.717) is 0 Å². The molecule has 0 N–H and O–H groups in total. The normalized spacial score (nSPS) is 12.8. The highest BCUT2D eigenvalue weighted by Crippen LogP contribution is 2.35. The highest BCUT2D eigenvalue weighted by molar-refractivity contribution is 7.39. The first-order chi connectivity index (χ1) is 15.5. The molecule has 0 amide bonds. The number of nitrogens with zero attached hydrogens (tertiary/aromatic N) is 2. The van der Waals surface area contributed by atoms with E-state index in [1.165, 1.54) is 0 Å². The molecule has 5 rings (SSSR count). The molecule has 2 unspecified atom stereocenters. The molecule has 4 bridgehead atoms. The van der Waals surface area contributed by atoms with Crippen molar-refractivity contribution in [1.82, 2.24) is 0 Å². The fourth-order valence-corrected chi connectivity index (χ4v) is 5.40. The second kappa shape index (κ2) is 8.57. The van der Waals surface area contributed by atoms with Crippen molar-refractivity contribution in [1.29, 1.82) is 0 Å². The topological polar surface area (TPSA) is 59.0 Å². The van der Waals surface area contributed by atoms with Crippen LogP contribution < -0.4 is 9.34 Å². The van der Waals surface area contributed by atoms with Crippen LogP contribution in [0.15, 0.2) is 89.6 Å². The third-order valence-electron chi connectivity index (χ3n) is 5.00. The molecule has 4 aromatic carbocycles. The fourth-order valence-electron chi connectivity index (χ4n) is 3.43. The van der Waals surface area contributed by atoms with Gasteiger partial charge in [0.05, 0.1) is 0 Å². The third kappa shape index (κ3) is 4.11. The summed E-state index contributed by atoms with van der Waals surface area (Å²) in [6.07, 6.45) is 0. The third-order valence-corrected chi connectivity index (χ3v) is 7.75. The van der Waals surface area contributed by atoms with Crippen LogP contribution in [0, 0.1) is 0 Å². The van der Waals surface area contributed by atoms with Crippen molar-refractivity contribution in [3.63, 3.8) is 0 Å². The number of fused-ring (bicyclic) bond motifs is 2. The van der Waals surface area contributed by atoms with Crippen LogP contribution >= 0.6 is 16.3 Å². The molecule has 0 aliphatic carbocycles. The van der Waals surface area contributed by atoms with Gasteiger partial charge in [-0.15, -0.1) is 0 Å². The Kier molecular flexibility index (Phi) is 5.62. The predicted molar refractivity (Wildman–Crippen MR) is 135 cm³/mol. The van der Waals surface area contributed by atoms with Crippen molar-refractivity contribution in [3.8, 4) is 0 Å². The minimum absolute atomic E-state index is 0.724. The number of benzene rings is 4. The van der Waals surface area contributed by atoms with Crippen molar-refractivity contribution < 1.29 is 16.8 Å². The van der Waals surface area contributed by atoms with Crippen LogP contribution in [-0.2, 0) is 0 Å². The first-order valence-corrected chi connectivity index (χ1v) is 12.5. The molecule has 1 aromatic heterocycles. The molecule has 2 atom stereocenters. The summed E-state index contributed by atoms with van der Waals surface area (Å²) in [6, 6.07) is 24.0. The molecule has 8 heteroatoms. The van der Waals surface area contributed by atoms with Gasteiger partial charge in [-0.3, -0.25) is 0 Å². The maximum absolute atomic E-state index is 6.40. The molecule has 0 saturated carbocycles. The minimum atomic E-state index is -1.38. The lowest BCUT2D eigenvalue weighted by atomic mass is 10.1. The Bertz CT molecular complexity index is 1440. The van der Waals surface area contributed by atoms with Crippen LogP contribution in [0.25, 0.3) is 43.9 Å². The second-order valence-electron chi connectivity index (χ2n) is 7.81. The van der Waals surface area contributed by atoms with Crippen LogP contribution in [-0.4, -0.2) is 28.2 Å². The number of rotatable bonds is 2. The van der Waals surface area contributed by atoms with Crippen molar-refractivity contribution in [2.45, 2.75) is 0 Å². The molecule has 6 nitrogen and oxygen atoms in total. The monoisotopic (exact) mass is 466 g/mol. The van der Waals surface area contributed by atoms with E-state index in [1.807, 2.05) is 98.2 Å². The summed E-state index contributed by atoms with van der Waals surface area (Å²) in [5, 5.41) is 4.06. The summed E-state index contributed by atoms with van der Waals surface area (Å²) < 4.78 is 29.4. The average molecular weight is 466 g/mol. The van der Waals surface area contributed by atoms with Gasteiger partial charge < -0.3 is 16.8 Å². The standard InChI is InChI=1S/C24H24N2O4P2/c1-25(2)31-27-19-13-11-18-8-6-10-24(22(18)15-19)30-32(26(3)4)28-20-14-12-17-7-5-9-23(29-31)21(17)16-20/h5-16H,1-4H3. The predicted octanol–water partition coefficient (Wildman–Crippen LogP) is 7.85. The van der Waals surface area contributed by atoms with Crippen molar-refractivity contribution in [2.24, 2.45) is 0 Å². The lowest BCUT2D eigenvalue weighted by Gasteiger charge is -2.09. The van der Waals surface area contributed by atoms with Gasteiger partial charge in [0.25, 0.3) is 0 Å². The van der Waals surface area contributed by atoms with E-state index in [1.54, 1.807) is 0 Å². The number of hydrogen-bond donors (Lipinski definition) is 0. The smallest absolute Gasteiger partial charge is 0.309 e. The Morgan fingerprint density at radius 3 is 1.38 bits per heavy atom. The summed E-state index contributed by atoms with van der Waals surface area (Å²) in [5.41, 5.74) is 2.95. The molecule has 5 aromatic rings. The van der Waals surface area contributed by atoms with Gasteiger partial charge in [0.2, 0.25) is 0 Å². The number of hydrogen-bond acceptors (Lipinski definition) is 6. The summed E-state index contributed by atoms with van der Waals surface area (Å²) in [5.74, 6) is 0. The Morgan fingerprint density at radius 1 is 0.531 bits per heavy atom. The van der Waals surface area contributed by atoms with E-state index >= 15 is 0 Å². The molecular formula is C24H24N2O4P2. The highest BCUT2D eigenvalue weighted by Gasteiger charge is 2.07. The Morgan fingerprint density at radius 2 is 0.969 bits per heavy atom. The van der Waals surface area contributed by atoms with Gasteiger partial charge in [0, 0.05) is 39.0 Å². The van der Waals surface area contributed by atoms with Gasteiger partial charge in [-0.1, -0.05) is 36.4 Å². The Hall–Kier alpha value is -2.88. The van der Waals surface area contributed by atoms with Crippen molar-refractivity contribution >= 4 is 60.2 Å². The van der Waals surface area contributed by atoms with E-state index in [-0.39, 0.29) is 0 Å². The SMILES string of the molecule is CN(C)p1oc2ccc3cccc(op(N(C)C)oc4ccc5cccc(o1)c5c4)c3c2. The van der Waals surface area contributed by atoms with Gasteiger partial charge in [-0.25, -0.2) is 9.34 Å². The molecular weight excluding hydrogens is 442 g/mol.